The Morgan fingerprint density at radius 2 is 1.91 bits per heavy atom. The highest BCUT2D eigenvalue weighted by atomic mass is 19.1. The summed E-state index contributed by atoms with van der Waals surface area (Å²) in [5.41, 5.74) is 0.979. The number of allylic oxidation sites excluding steroid dienone is 2. The second kappa shape index (κ2) is 10.1. The largest absolute Gasteiger partial charge is 0.372 e. The van der Waals surface area contributed by atoms with E-state index in [2.05, 4.69) is 49.1 Å². The highest BCUT2D eigenvalue weighted by molar-refractivity contribution is 5.90. The summed E-state index contributed by atoms with van der Waals surface area (Å²) in [5.74, 6) is 1.88. The first-order valence-corrected chi connectivity index (χ1v) is 13.3. The van der Waals surface area contributed by atoms with Crippen LogP contribution in [0, 0.1) is 11.8 Å². The highest BCUT2D eigenvalue weighted by Gasteiger charge is 2.50. The van der Waals surface area contributed by atoms with Crippen LogP contribution < -0.4 is 5.32 Å². The molecule has 7 atom stereocenters. The maximum Gasteiger partial charge on any atom is 0.136 e. The van der Waals surface area contributed by atoms with Crippen LogP contribution >= 0.6 is 0 Å². The molecule has 4 heterocycles. The zero-order chi connectivity index (χ0) is 24.9. The monoisotopic (exact) mass is 487 g/mol. The maximum absolute atomic E-state index is 14.6. The summed E-state index contributed by atoms with van der Waals surface area (Å²) in [4.78, 5) is 16.2. The number of fused-ring (bicyclic) bond motifs is 2. The first-order chi connectivity index (χ1) is 16.8. The van der Waals surface area contributed by atoms with E-state index in [0.717, 1.165) is 24.3 Å². The van der Waals surface area contributed by atoms with Crippen LogP contribution in [-0.2, 0) is 9.57 Å². The third-order valence-electron chi connectivity index (χ3n) is 8.60. The minimum Gasteiger partial charge on any atom is -0.372 e. The fraction of sp³-hybridized carbons (Fsp3) is 0.741. The van der Waals surface area contributed by atoms with Crippen molar-refractivity contribution in [3.8, 4) is 0 Å². The molecule has 0 aromatic carbocycles. The minimum atomic E-state index is -0.325. The lowest BCUT2D eigenvalue weighted by molar-refractivity contribution is -0.170. The van der Waals surface area contributed by atoms with Crippen LogP contribution in [0.1, 0.15) is 52.9 Å². The Hall–Kier alpha value is -1.58. The van der Waals surface area contributed by atoms with E-state index in [-0.39, 0.29) is 30.2 Å². The van der Waals surface area contributed by atoms with Crippen LogP contribution in [0.3, 0.4) is 0 Å². The third kappa shape index (κ3) is 4.64. The fourth-order valence-corrected chi connectivity index (χ4v) is 7.18. The summed E-state index contributed by atoms with van der Waals surface area (Å²) in [6.07, 6.45) is 12.9. The summed E-state index contributed by atoms with van der Waals surface area (Å²) < 4.78 is 20.6. The van der Waals surface area contributed by atoms with Gasteiger partial charge in [0.05, 0.1) is 18.2 Å². The lowest BCUT2D eigenvalue weighted by Gasteiger charge is -2.46. The molecule has 3 saturated heterocycles. The molecule has 2 bridgehead atoms. The van der Waals surface area contributed by atoms with Crippen molar-refractivity contribution < 1.29 is 14.0 Å². The summed E-state index contributed by atoms with van der Waals surface area (Å²) in [7, 11) is 6.00. The van der Waals surface area contributed by atoms with Gasteiger partial charge in [0.2, 0.25) is 0 Å². The Balaban J connectivity index is 1.28. The van der Waals surface area contributed by atoms with Crippen molar-refractivity contribution in [3.63, 3.8) is 0 Å². The van der Waals surface area contributed by atoms with Crippen LogP contribution in [0.4, 0.5) is 4.39 Å². The van der Waals surface area contributed by atoms with E-state index in [1.165, 1.54) is 12.8 Å². The molecule has 3 fully saturated rings. The van der Waals surface area contributed by atoms with Gasteiger partial charge in [0.1, 0.15) is 24.0 Å². The van der Waals surface area contributed by atoms with Crippen molar-refractivity contribution in [1.82, 2.24) is 20.2 Å². The number of halogens is 1. The van der Waals surface area contributed by atoms with E-state index in [1.54, 1.807) is 13.2 Å². The molecule has 0 aromatic heterocycles. The number of hydrogen-bond acceptors (Lipinski definition) is 7. The number of nitrogens with zero attached hydrogens (tertiary/aromatic N) is 4. The summed E-state index contributed by atoms with van der Waals surface area (Å²) in [6.45, 7) is 6.45. The molecule has 0 aromatic rings. The van der Waals surface area contributed by atoms with E-state index in [4.69, 9.17) is 14.6 Å². The third-order valence-corrected chi connectivity index (χ3v) is 8.60. The van der Waals surface area contributed by atoms with Gasteiger partial charge in [0.25, 0.3) is 0 Å². The standard InChI is InChI=1S/C27H42FN5O2/c1-16(2)26-31(4)27(35-32(26)5)18-14-19-8-9-20(15-18)33(19)25-24(34-6)23(11-12-29-25)30-22-10-7-17(3)13-21(22)28/h7,11-13,16,18-20,22-24,26-27,30H,8-10,14-15H2,1-6H3. The fourth-order valence-electron chi connectivity index (χ4n) is 7.18. The number of aliphatic imine (C=N–C) groups is 1. The molecule has 8 heteroatoms. The van der Waals surface area contributed by atoms with Crippen molar-refractivity contribution in [1.29, 1.82) is 0 Å². The second-order valence-electron chi connectivity index (χ2n) is 11.3. The molecule has 5 aliphatic rings. The number of rotatable bonds is 5. The van der Waals surface area contributed by atoms with E-state index in [9.17, 15) is 4.39 Å². The van der Waals surface area contributed by atoms with Crippen LogP contribution in [0.25, 0.3) is 0 Å². The zero-order valence-electron chi connectivity index (χ0n) is 22.0. The van der Waals surface area contributed by atoms with Crippen molar-refractivity contribution in [3.05, 3.63) is 35.8 Å². The lowest BCUT2D eigenvalue weighted by atomic mass is 9.87. The highest BCUT2D eigenvalue weighted by Crippen LogP contribution is 2.44. The number of hydrogen-bond donors (Lipinski definition) is 1. The number of amidine groups is 1. The molecule has 7 nitrogen and oxygen atoms in total. The van der Waals surface area contributed by atoms with Gasteiger partial charge in [0.15, 0.2) is 0 Å². The number of methoxy groups -OCH3 is 1. The van der Waals surface area contributed by atoms with Gasteiger partial charge in [-0.3, -0.25) is 15.1 Å². The van der Waals surface area contributed by atoms with Crippen LogP contribution in [0.15, 0.2) is 40.8 Å². The smallest absolute Gasteiger partial charge is 0.136 e. The molecule has 0 saturated carbocycles. The Morgan fingerprint density at radius 1 is 1.20 bits per heavy atom. The van der Waals surface area contributed by atoms with Crippen LogP contribution in [-0.4, -0.2) is 84.6 Å². The average Bonchev–Trinajstić information content (AvgIpc) is 3.26. The zero-order valence-corrected chi connectivity index (χ0v) is 22.0. The molecule has 0 amide bonds. The summed E-state index contributed by atoms with van der Waals surface area (Å²) in [6, 6.07) is 0.415. The normalized spacial score (nSPS) is 40.3. The quantitative estimate of drug-likeness (QED) is 0.636. The molecule has 1 N–H and O–H groups in total. The predicted molar refractivity (Wildman–Crippen MR) is 136 cm³/mol. The number of hydroxylamine groups is 2. The van der Waals surface area contributed by atoms with Crippen molar-refractivity contribution in [2.75, 3.05) is 21.2 Å². The van der Waals surface area contributed by atoms with Crippen molar-refractivity contribution >= 4 is 5.84 Å². The topological polar surface area (TPSA) is 52.6 Å². The second-order valence-corrected chi connectivity index (χ2v) is 11.3. The molecule has 7 unspecified atom stereocenters. The maximum atomic E-state index is 14.6. The average molecular weight is 488 g/mol. The van der Waals surface area contributed by atoms with Gasteiger partial charge in [-0.05, 0) is 64.1 Å². The summed E-state index contributed by atoms with van der Waals surface area (Å²) >= 11 is 0. The van der Waals surface area contributed by atoms with E-state index in [0.29, 0.717) is 36.5 Å². The Labute approximate surface area is 209 Å². The van der Waals surface area contributed by atoms with E-state index in [1.807, 2.05) is 24.3 Å². The molecule has 1 aliphatic carbocycles. The van der Waals surface area contributed by atoms with Gasteiger partial charge in [-0.2, -0.15) is 5.06 Å². The van der Waals surface area contributed by atoms with E-state index >= 15 is 0 Å². The van der Waals surface area contributed by atoms with Gasteiger partial charge in [-0.25, -0.2) is 9.38 Å². The van der Waals surface area contributed by atoms with Gasteiger partial charge >= 0.3 is 0 Å². The Bertz CT molecular complexity index is 903. The van der Waals surface area contributed by atoms with Crippen molar-refractivity contribution in [2.45, 2.75) is 95.5 Å². The first-order valence-electron chi connectivity index (χ1n) is 13.3. The van der Waals surface area contributed by atoms with Gasteiger partial charge < -0.3 is 9.64 Å². The number of nitrogens with one attached hydrogen (secondary N) is 1. The molecule has 0 spiro atoms. The molecule has 0 radical (unpaired) electrons. The Kier molecular flexibility index (Phi) is 7.21. The number of ether oxygens (including phenoxy) is 1. The predicted octanol–water partition coefficient (Wildman–Crippen LogP) is 3.82. The SMILES string of the molecule is COC1C(N2C3CCC2CC(C2ON(C)C(C(C)C)N2C)C3)=NC=CC1NC1CC=C(C)C=C1F. The molecule has 4 aliphatic heterocycles. The minimum absolute atomic E-state index is 0.108. The van der Waals surface area contributed by atoms with E-state index < -0.39 is 0 Å². The van der Waals surface area contributed by atoms with Crippen LogP contribution in [0.5, 0.6) is 0 Å². The van der Waals surface area contributed by atoms with Crippen LogP contribution in [0.2, 0.25) is 0 Å². The lowest BCUT2D eigenvalue weighted by Crippen LogP contribution is -2.59. The van der Waals surface area contributed by atoms with Gasteiger partial charge in [0, 0.05) is 38.4 Å². The van der Waals surface area contributed by atoms with Gasteiger partial charge in [-0.15, -0.1) is 0 Å². The summed E-state index contributed by atoms with van der Waals surface area (Å²) in [5, 5.41) is 5.54. The molecule has 35 heavy (non-hydrogen) atoms. The molecule has 194 valence electrons. The first kappa shape index (κ1) is 25.1. The van der Waals surface area contributed by atoms with Crippen molar-refractivity contribution in [2.24, 2.45) is 16.8 Å². The molecular weight excluding hydrogens is 445 g/mol. The number of piperidine rings is 1. The Morgan fingerprint density at radius 3 is 2.51 bits per heavy atom. The molecule has 5 rings (SSSR count). The molecular formula is C27H42FN5O2. The van der Waals surface area contributed by atoms with Gasteiger partial charge in [-0.1, -0.05) is 25.5 Å².